The molecule has 1 aromatic carbocycles. The van der Waals surface area contributed by atoms with Crippen molar-refractivity contribution in [1.29, 1.82) is 0 Å². The van der Waals surface area contributed by atoms with Gasteiger partial charge < -0.3 is 10.1 Å². The fourth-order valence-corrected chi connectivity index (χ4v) is 5.05. The molecule has 2 aliphatic rings. The van der Waals surface area contributed by atoms with Gasteiger partial charge in [-0.1, -0.05) is 24.4 Å². The standard InChI is InChI=1S/C16H21ClN2O4S/c17-14-6-5-13(18-16(20)12-3-1-2-4-12)11-15(14)24(21,22)19-7-9-23-10-8-19/h5-6,11-12H,1-4,7-10H2,(H,18,20). The van der Waals surface area contributed by atoms with Crippen molar-refractivity contribution in [1.82, 2.24) is 4.31 Å². The first-order valence-electron chi connectivity index (χ1n) is 8.17. The molecule has 1 saturated carbocycles. The molecule has 0 radical (unpaired) electrons. The molecule has 1 N–H and O–H groups in total. The zero-order valence-corrected chi connectivity index (χ0v) is 14.9. The number of carbonyl (C=O) groups excluding carboxylic acids is 1. The first kappa shape index (κ1) is 17.7. The minimum Gasteiger partial charge on any atom is -0.379 e. The Bertz CT molecular complexity index is 711. The fourth-order valence-electron chi connectivity index (χ4n) is 3.14. The van der Waals surface area contributed by atoms with Crippen LogP contribution in [0.1, 0.15) is 25.7 Å². The lowest BCUT2D eigenvalue weighted by atomic mass is 10.1. The first-order valence-corrected chi connectivity index (χ1v) is 9.98. The van der Waals surface area contributed by atoms with Crippen LogP contribution >= 0.6 is 11.6 Å². The average molecular weight is 373 g/mol. The van der Waals surface area contributed by atoms with Gasteiger partial charge >= 0.3 is 0 Å². The van der Waals surface area contributed by atoms with Gasteiger partial charge in [0.05, 0.1) is 18.2 Å². The van der Waals surface area contributed by atoms with Crippen LogP contribution < -0.4 is 5.32 Å². The van der Waals surface area contributed by atoms with Crippen LogP contribution in [0.3, 0.4) is 0 Å². The molecule has 6 nitrogen and oxygen atoms in total. The minimum atomic E-state index is -3.70. The lowest BCUT2D eigenvalue weighted by Gasteiger charge is -2.26. The Kier molecular flexibility index (Phi) is 5.44. The summed E-state index contributed by atoms with van der Waals surface area (Å²) < 4.78 is 32.1. The van der Waals surface area contributed by atoms with E-state index < -0.39 is 10.0 Å². The molecule has 3 rings (SSSR count). The molecule has 2 fully saturated rings. The molecule has 1 amide bonds. The van der Waals surface area contributed by atoms with Crippen molar-refractivity contribution in [3.63, 3.8) is 0 Å². The van der Waals surface area contributed by atoms with Gasteiger partial charge in [0.25, 0.3) is 0 Å². The molecule has 24 heavy (non-hydrogen) atoms. The number of benzene rings is 1. The average Bonchev–Trinajstić information content (AvgIpc) is 3.12. The zero-order valence-electron chi connectivity index (χ0n) is 13.3. The van der Waals surface area contributed by atoms with Gasteiger partial charge in [-0.25, -0.2) is 8.42 Å². The van der Waals surface area contributed by atoms with Crippen molar-refractivity contribution in [2.24, 2.45) is 5.92 Å². The number of nitrogens with zero attached hydrogens (tertiary/aromatic N) is 1. The second-order valence-electron chi connectivity index (χ2n) is 6.13. The van der Waals surface area contributed by atoms with E-state index in [1.807, 2.05) is 0 Å². The summed E-state index contributed by atoms with van der Waals surface area (Å²) in [6.45, 7) is 1.35. The number of anilines is 1. The smallest absolute Gasteiger partial charge is 0.244 e. The number of hydrogen-bond donors (Lipinski definition) is 1. The number of morpholine rings is 1. The van der Waals surface area contributed by atoms with Crippen molar-refractivity contribution in [3.8, 4) is 0 Å². The van der Waals surface area contributed by atoms with E-state index in [4.69, 9.17) is 16.3 Å². The molecule has 132 valence electrons. The van der Waals surface area contributed by atoms with E-state index in [1.54, 1.807) is 6.07 Å². The highest BCUT2D eigenvalue weighted by atomic mass is 35.5. The summed E-state index contributed by atoms with van der Waals surface area (Å²) in [5, 5.41) is 2.97. The molecular formula is C16H21ClN2O4S. The Balaban J connectivity index is 1.81. The van der Waals surface area contributed by atoms with Gasteiger partial charge in [-0.05, 0) is 31.0 Å². The molecular weight excluding hydrogens is 352 g/mol. The molecule has 1 heterocycles. The normalized spacial score (nSPS) is 20.2. The number of hydrogen-bond acceptors (Lipinski definition) is 4. The van der Waals surface area contributed by atoms with E-state index in [2.05, 4.69) is 5.32 Å². The number of carbonyl (C=O) groups is 1. The zero-order chi connectivity index (χ0) is 17.2. The predicted octanol–water partition coefficient (Wildman–Crippen LogP) is 2.49. The van der Waals surface area contributed by atoms with Gasteiger partial charge in [0, 0.05) is 24.7 Å². The number of halogens is 1. The number of nitrogens with one attached hydrogen (secondary N) is 1. The maximum Gasteiger partial charge on any atom is 0.244 e. The summed E-state index contributed by atoms with van der Waals surface area (Å²) in [4.78, 5) is 12.3. The van der Waals surface area contributed by atoms with Crippen LogP contribution in [0.5, 0.6) is 0 Å². The van der Waals surface area contributed by atoms with Crippen molar-refractivity contribution in [3.05, 3.63) is 23.2 Å². The monoisotopic (exact) mass is 372 g/mol. The number of ether oxygens (including phenoxy) is 1. The van der Waals surface area contributed by atoms with Crippen LogP contribution in [-0.2, 0) is 19.6 Å². The Morgan fingerprint density at radius 3 is 2.54 bits per heavy atom. The van der Waals surface area contributed by atoms with Gasteiger partial charge in [-0.3, -0.25) is 4.79 Å². The molecule has 0 bridgehead atoms. The highest BCUT2D eigenvalue weighted by molar-refractivity contribution is 7.89. The Morgan fingerprint density at radius 2 is 1.88 bits per heavy atom. The van der Waals surface area contributed by atoms with Crippen LogP contribution in [0.2, 0.25) is 5.02 Å². The van der Waals surface area contributed by atoms with Gasteiger partial charge in [0.1, 0.15) is 4.90 Å². The largest absolute Gasteiger partial charge is 0.379 e. The van der Waals surface area contributed by atoms with Crippen molar-refractivity contribution in [2.75, 3.05) is 31.6 Å². The molecule has 0 aromatic heterocycles. The summed E-state index contributed by atoms with van der Waals surface area (Å²) in [5.41, 5.74) is 0.461. The van der Waals surface area contributed by atoms with Crippen LogP contribution in [-0.4, -0.2) is 44.9 Å². The third-order valence-corrected chi connectivity index (χ3v) is 6.89. The van der Waals surface area contributed by atoms with Crippen LogP contribution in [0.15, 0.2) is 23.1 Å². The van der Waals surface area contributed by atoms with E-state index >= 15 is 0 Å². The second kappa shape index (κ2) is 7.39. The summed E-state index contributed by atoms with van der Waals surface area (Å²) in [6.07, 6.45) is 3.90. The highest BCUT2D eigenvalue weighted by Crippen LogP contribution is 2.30. The van der Waals surface area contributed by atoms with Crippen LogP contribution in [0.25, 0.3) is 0 Å². The lowest BCUT2D eigenvalue weighted by molar-refractivity contribution is -0.119. The van der Waals surface area contributed by atoms with Gasteiger partial charge in [0.15, 0.2) is 0 Å². The molecule has 0 unspecified atom stereocenters. The first-order chi connectivity index (χ1) is 11.5. The molecule has 1 aromatic rings. The minimum absolute atomic E-state index is 0.0139. The molecule has 0 atom stereocenters. The highest BCUT2D eigenvalue weighted by Gasteiger charge is 2.29. The quantitative estimate of drug-likeness (QED) is 0.881. The van der Waals surface area contributed by atoms with Gasteiger partial charge in [-0.2, -0.15) is 4.31 Å². The van der Waals surface area contributed by atoms with Crippen molar-refractivity contribution < 1.29 is 17.9 Å². The van der Waals surface area contributed by atoms with Crippen LogP contribution in [0, 0.1) is 5.92 Å². The number of amides is 1. The van der Waals surface area contributed by atoms with E-state index in [0.717, 1.165) is 25.7 Å². The maximum absolute atomic E-state index is 12.8. The Morgan fingerprint density at radius 1 is 1.21 bits per heavy atom. The lowest BCUT2D eigenvalue weighted by Crippen LogP contribution is -2.40. The second-order valence-corrected chi connectivity index (χ2v) is 8.45. The third kappa shape index (κ3) is 3.74. The van der Waals surface area contributed by atoms with E-state index in [-0.39, 0.29) is 21.7 Å². The van der Waals surface area contributed by atoms with Gasteiger partial charge in [0.2, 0.25) is 15.9 Å². The van der Waals surface area contributed by atoms with Gasteiger partial charge in [-0.15, -0.1) is 0 Å². The van der Waals surface area contributed by atoms with E-state index in [1.165, 1.54) is 16.4 Å². The summed E-state index contributed by atoms with van der Waals surface area (Å²) in [7, 11) is -3.70. The number of sulfonamides is 1. The summed E-state index contributed by atoms with van der Waals surface area (Å²) in [5.74, 6) is -0.0375. The maximum atomic E-state index is 12.8. The molecule has 8 heteroatoms. The fraction of sp³-hybridized carbons (Fsp3) is 0.562. The summed E-state index contributed by atoms with van der Waals surface area (Å²) >= 11 is 6.11. The number of rotatable bonds is 4. The summed E-state index contributed by atoms with van der Waals surface area (Å²) in [6, 6.07) is 4.59. The SMILES string of the molecule is O=C(Nc1ccc(Cl)c(S(=O)(=O)N2CCOCC2)c1)C1CCCC1. The van der Waals surface area contributed by atoms with E-state index in [0.29, 0.717) is 32.0 Å². The van der Waals surface area contributed by atoms with E-state index in [9.17, 15) is 13.2 Å². The topological polar surface area (TPSA) is 75.7 Å². The molecule has 1 aliphatic heterocycles. The Hall–Kier alpha value is -1.15. The predicted molar refractivity (Wildman–Crippen MR) is 91.6 cm³/mol. The van der Waals surface area contributed by atoms with Crippen LogP contribution in [0.4, 0.5) is 5.69 Å². The molecule has 0 spiro atoms. The van der Waals surface area contributed by atoms with Crippen molar-refractivity contribution in [2.45, 2.75) is 30.6 Å². The third-order valence-electron chi connectivity index (χ3n) is 4.51. The Labute approximate surface area is 147 Å². The molecule has 1 saturated heterocycles. The molecule has 1 aliphatic carbocycles. The van der Waals surface area contributed by atoms with Crippen molar-refractivity contribution >= 4 is 33.2 Å².